The Hall–Kier alpha value is -3.20. The SMILES string of the molecule is CC[C@@H](Nc1ncnc2[nH]cnc12)c1cc2ccc(F)c(Cl)c2c(=O)n1-c1cccc(Cl)c1Cl. The van der Waals surface area contributed by atoms with Crippen LogP contribution in [0.2, 0.25) is 15.1 Å². The van der Waals surface area contributed by atoms with Gasteiger partial charge >= 0.3 is 0 Å². The number of nitrogens with zero attached hydrogens (tertiary/aromatic N) is 4. The first kappa shape index (κ1) is 22.6. The molecule has 0 saturated carbocycles. The number of nitrogens with one attached hydrogen (secondary N) is 2. The Bertz CT molecular complexity index is 1620. The van der Waals surface area contributed by atoms with Crippen molar-refractivity contribution < 1.29 is 4.39 Å². The fraction of sp³-hybridized carbons (Fsp3) is 0.130. The van der Waals surface area contributed by atoms with E-state index in [9.17, 15) is 9.18 Å². The maximum atomic E-state index is 14.3. The standard InChI is InChI=1S/C23H16Cl3FN6O/c1-2-14(32-22-20-21(29-9-28-20)30-10-31-22)16-8-11-6-7-13(27)19(26)17(11)23(34)33(16)15-5-3-4-12(24)18(15)25/h3-10,14H,2H2,1H3,(H2,28,29,30,31,32)/t14-/m1/s1. The maximum absolute atomic E-state index is 14.3. The van der Waals surface area contributed by atoms with Crippen molar-refractivity contribution in [3.8, 4) is 5.69 Å². The highest BCUT2D eigenvalue weighted by Gasteiger charge is 2.23. The predicted octanol–water partition coefficient (Wildman–Crippen LogP) is 6.32. The minimum absolute atomic E-state index is 0.0491. The normalized spacial score (nSPS) is 12.4. The molecule has 0 fully saturated rings. The summed E-state index contributed by atoms with van der Waals surface area (Å²) in [5.74, 6) is -0.193. The highest BCUT2D eigenvalue weighted by molar-refractivity contribution is 6.43. The van der Waals surface area contributed by atoms with Crippen molar-refractivity contribution in [2.45, 2.75) is 19.4 Å². The number of halogens is 4. The molecular weight excluding hydrogens is 502 g/mol. The second kappa shape index (κ2) is 8.87. The Morgan fingerprint density at radius 1 is 1.12 bits per heavy atom. The predicted molar refractivity (Wildman–Crippen MR) is 133 cm³/mol. The second-order valence-corrected chi connectivity index (χ2v) is 8.70. The minimum atomic E-state index is -0.685. The van der Waals surface area contributed by atoms with E-state index in [-0.39, 0.29) is 20.5 Å². The first-order valence-electron chi connectivity index (χ1n) is 10.3. The van der Waals surface area contributed by atoms with E-state index in [1.165, 1.54) is 29.4 Å². The number of rotatable bonds is 5. The summed E-state index contributed by atoms with van der Waals surface area (Å²) < 4.78 is 15.7. The highest BCUT2D eigenvalue weighted by atomic mass is 35.5. The topological polar surface area (TPSA) is 88.5 Å². The van der Waals surface area contributed by atoms with Crippen molar-refractivity contribution >= 4 is 62.6 Å². The van der Waals surface area contributed by atoms with E-state index in [2.05, 4.69) is 25.3 Å². The fourth-order valence-corrected chi connectivity index (χ4v) is 4.58. The molecular formula is C23H16Cl3FN6O. The quantitative estimate of drug-likeness (QED) is 0.285. The molecule has 1 atom stereocenters. The summed E-state index contributed by atoms with van der Waals surface area (Å²) in [7, 11) is 0. The Labute approximate surface area is 207 Å². The molecule has 0 spiro atoms. The van der Waals surface area contributed by atoms with Gasteiger partial charge in [0.1, 0.15) is 17.7 Å². The molecule has 2 N–H and O–H groups in total. The molecule has 172 valence electrons. The van der Waals surface area contributed by atoms with Crippen LogP contribution in [0.3, 0.4) is 0 Å². The zero-order chi connectivity index (χ0) is 24.0. The van der Waals surface area contributed by atoms with Crippen molar-refractivity contribution in [1.82, 2.24) is 24.5 Å². The van der Waals surface area contributed by atoms with Crippen LogP contribution in [0.25, 0.3) is 27.6 Å². The van der Waals surface area contributed by atoms with Gasteiger partial charge < -0.3 is 10.3 Å². The molecule has 3 heterocycles. The third-order valence-corrected chi connectivity index (χ3v) is 6.75. The van der Waals surface area contributed by atoms with Crippen molar-refractivity contribution in [1.29, 1.82) is 0 Å². The molecule has 2 aromatic carbocycles. The van der Waals surface area contributed by atoms with Crippen LogP contribution in [0.15, 0.2) is 53.8 Å². The summed E-state index contributed by atoms with van der Waals surface area (Å²) in [4.78, 5) is 29.5. The van der Waals surface area contributed by atoms with Crippen LogP contribution < -0.4 is 10.9 Å². The van der Waals surface area contributed by atoms with E-state index in [4.69, 9.17) is 34.8 Å². The zero-order valence-electron chi connectivity index (χ0n) is 17.6. The van der Waals surface area contributed by atoms with Crippen LogP contribution >= 0.6 is 34.8 Å². The Kier molecular flexibility index (Phi) is 5.89. The van der Waals surface area contributed by atoms with Crippen LogP contribution in [0.4, 0.5) is 10.2 Å². The molecule has 5 rings (SSSR count). The van der Waals surface area contributed by atoms with Crippen LogP contribution in [-0.4, -0.2) is 24.5 Å². The smallest absolute Gasteiger partial charge is 0.264 e. The van der Waals surface area contributed by atoms with Crippen molar-refractivity contribution in [3.63, 3.8) is 0 Å². The Morgan fingerprint density at radius 3 is 2.74 bits per heavy atom. The Morgan fingerprint density at radius 2 is 1.94 bits per heavy atom. The van der Waals surface area contributed by atoms with Gasteiger partial charge in [0.2, 0.25) is 0 Å². The molecule has 0 radical (unpaired) electrons. The zero-order valence-corrected chi connectivity index (χ0v) is 19.9. The lowest BCUT2D eigenvalue weighted by Crippen LogP contribution is -2.27. The number of pyridine rings is 1. The van der Waals surface area contributed by atoms with Crippen LogP contribution in [-0.2, 0) is 0 Å². The van der Waals surface area contributed by atoms with E-state index in [0.717, 1.165) is 0 Å². The summed E-state index contributed by atoms with van der Waals surface area (Å²) in [6, 6.07) is 9.10. The lowest BCUT2D eigenvalue weighted by Gasteiger charge is -2.24. The fourth-order valence-electron chi connectivity index (χ4n) is 3.95. The average Bonchev–Trinajstić information content (AvgIpc) is 3.31. The first-order chi connectivity index (χ1) is 16.4. The summed E-state index contributed by atoms with van der Waals surface area (Å²) in [5.41, 5.74) is 1.53. The molecule has 0 aliphatic carbocycles. The molecule has 0 aliphatic heterocycles. The number of hydrogen-bond donors (Lipinski definition) is 2. The van der Waals surface area contributed by atoms with Gasteiger partial charge in [0.25, 0.3) is 5.56 Å². The molecule has 5 aromatic rings. The van der Waals surface area contributed by atoms with E-state index in [0.29, 0.717) is 40.2 Å². The summed E-state index contributed by atoms with van der Waals surface area (Å²) >= 11 is 19.0. The monoisotopic (exact) mass is 516 g/mol. The van der Waals surface area contributed by atoms with Crippen LogP contribution in [0, 0.1) is 5.82 Å². The van der Waals surface area contributed by atoms with Gasteiger partial charge in [0.05, 0.1) is 38.5 Å². The number of hydrogen-bond acceptors (Lipinski definition) is 5. The molecule has 0 aliphatic rings. The number of anilines is 1. The van der Waals surface area contributed by atoms with Gasteiger partial charge in [0, 0.05) is 5.69 Å². The molecule has 11 heteroatoms. The van der Waals surface area contributed by atoms with E-state index < -0.39 is 17.4 Å². The molecule has 0 amide bonds. The van der Waals surface area contributed by atoms with Crippen LogP contribution in [0.1, 0.15) is 25.1 Å². The van der Waals surface area contributed by atoms with E-state index in [1.54, 1.807) is 24.3 Å². The Balaban J connectivity index is 1.79. The third kappa shape index (κ3) is 3.68. The molecule has 0 unspecified atom stereocenters. The summed E-state index contributed by atoms with van der Waals surface area (Å²) in [6.07, 6.45) is 3.51. The first-order valence-corrected chi connectivity index (χ1v) is 11.4. The molecule has 0 saturated heterocycles. The van der Waals surface area contributed by atoms with Gasteiger partial charge in [-0.1, -0.05) is 53.9 Å². The third-order valence-electron chi connectivity index (χ3n) is 5.57. The van der Waals surface area contributed by atoms with Gasteiger partial charge in [-0.3, -0.25) is 9.36 Å². The largest absolute Gasteiger partial charge is 0.360 e. The molecule has 3 aromatic heterocycles. The van der Waals surface area contributed by atoms with E-state index in [1.807, 2.05) is 6.92 Å². The number of benzene rings is 2. The summed E-state index contributed by atoms with van der Waals surface area (Å²) in [6.45, 7) is 1.96. The van der Waals surface area contributed by atoms with Crippen molar-refractivity contribution in [2.75, 3.05) is 5.32 Å². The highest BCUT2D eigenvalue weighted by Crippen LogP contribution is 2.34. The van der Waals surface area contributed by atoms with Gasteiger partial charge in [-0.25, -0.2) is 19.3 Å². The van der Waals surface area contributed by atoms with Crippen molar-refractivity contribution in [2.24, 2.45) is 0 Å². The van der Waals surface area contributed by atoms with Gasteiger partial charge in [-0.15, -0.1) is 0 Å². The number of aromatic amines is 1. The van der Waals surface area contributed by atoms with Gasteiger partial charge in [-0.2, -0.15) is 0 Å². The van der Waals surface area contributed by atoms with Crippen molar-refractivity contribution in [3.05, 3.63) is 86.0 Å². The maximum Gasteiger partial charge on any atom is 0.264 e. The molecule has 0 bridgehead atoms. The number of H-pyrrole nitrogens is 1. The number of aromatic nitrogens is 5. The van der Waals surface area contributed by atoms with Crippen LogP contribution in [0.5, 0.6) is 0 Å². The summed E-state index contributed by atoms with van der Waals surface area (Å²) in [5, 5.41) is 4.11. The average molecular weight is 518 g/mol. The van der Waals surface area contributed by atoms with E-state index >= 15 is 0 Å². The lowest BCUT2D eigenvalue weighted by atomic mass is 10.0. The lowest BCUT2D eigenvalue weighted by molar-refractivity contribution is 0.629. The molecule has 7 nitrogen and oxygen atoms in total. The van der Waals surface area contributed by atoms with Gasteiger partial charge in [0.15, 0.2) is 11.5 Å². The molecule has 34 heavy (non-hydrogen) atoms. The number of imidazole rings is 1. The minimum Gasteiger partial charge on any atom is -0.360 e. The van der Waals surface area contributed by atoms with Gasteiger partial charge in [-0.05, 0) is 36.1 Å². The second-order valence-electron chi connectivity index (χ2n) is 7.54. The number of fused-ring (bicyclic) bond motifs is 2.